The van der Waals surface area contributed by atoms with Crippen molar-refractivity contribution < 1.29 is 9.47 Å². The highest BCUT2D eigenvalue weighted by atomic mass is 32.1. The first kappa shape index (κ1) is 14.7. The number of hydrogen-bond acceptors (Lipinski definition) is 5. The molecule has 3 rings (SSSR count). The summed E-state index contributed by atoms with van der Waals surface area (Å²) < 4.78 is 12.9. The number of nitrogens with zero attached hydrogens (tertiary/aromatic N) is 2. The van der Waals surface area contributed by atoms with Gasteiger partial charge in [-0.3, -0.25) is 4.79 Å². The van der Waals surface area contributed by atoms with E-state index in [9.17, 15) is 4.79 Å². The van der Waals surface area contributed by atoms with Gasteiger partial charge in [0.1, 0.15) is 10.4 Å². The van der Waals surface area contributed by atoms with Gasteiger partial charge in [0.05, 0.1) is 33.1 Å². The summed E-state index contributed by atoms with van der Waals surface area (Å²) in [7, 11) is 1.64. The molecule has 0 aliphatic rings. The number of aromatic nitrogens is 2. The van der Waals surface area contributed by atoms with E-state index in [-0.39, 0.29) is 5.56 Å². The van der Waals surface area contributed by atoms with Gasteiger partial charge in [-0.15, -0.1) is 11.3 Å². The van der Waals surface area contributed by atoms with Gasteiger partial charge >= 0.3 is 0 Å². The third-order valence-electron chi connectivity index (χ3n) is 3.34. The maximum atomic E-state index is 12.2. The van der Waals surface area contributed by atoms with Crippen molar-refractivity contribution in [3.63, 3.8) is 0 Å². The number of hydrogen-bond donors (Lipinski definition) is 0. The number of benzene rings is 1. The zero-order chi connectivity index (χ0) is 15.4. The molecule has 0 aliphatic carbocycles. The average Bonchev–Trinajstić information content (AvgIpc) is 3.03. The molecule has 2 heterocycles. The Kier molecular flexibility index (Phi) is 4.50. The summed E-state index contributed by atoms with van der Waals surface area (Å²) in [6, 6.07) is 9.62. The lowest BCUT2D eigenvalue weighted by Gasteiger charge is -2.07. The van der Waals surface area contributed by atoms with Crippen molar-refractivity contribution in [2.24, 2.45) is 0 Å². The Balaban J connectivity index is 1.55. The largest absolute Gasteiger partial charge is 0.497 e. The third kappa shape index (κ3) is 3.18. The van der Waals surface area contributed by atoms with E-state index in [4.69, 9.17) is 9.47 Å². The monoisotopic (exact) mass is 316 g/mol. The van der Waals surface area contributed by atoms with E-state index in [1.54, 1.807) is 13.3 Å². The Morgan fingerprint density at radius 1 is 1.23 bits per heavy atom. The van der Waals surface area contributed by atoms with Crippen LogP contribution in [0, 0.1) is 0 Å². The highest BCUT2D eigenvalue weighted by molar-refractivity contribution is 7.17. The molecule has 0 amide bonds. The average molecular weight is 316 g/mol. The fraction of sp³-hybridized carbons (Fsp3) is 0.250. The fourth-order valence-corrected chi connectivity index (χ4v) is 2.93. The molecule has 22 heavy (non-hydrogen) atoms. The molecule has 0 radical (unpaired) electrons. The molecule has 1 aromatic carbocycles. The minimum absolute atomic E-state index is 0.0550. The molecule has 0 bridgehead atoms. The highest BCUT2D eigenvalue weighted by Crippen LogP contribution is 2.14. The minimum Gasteiger partial charge on any atom is -0.497 e. The molecule has 0 saturated heterocycles. The molecule has 6 heteroatoms. The lowest BCUT2D eigenvalue weighted by atomic mass is 10.2. The maximum Gasteiger partial charge on any atom is 0.284 e. The van der Waals surface area contributed by atoms with Crippen molar-refractivity contribution in [1.82, 2.24) is 9.78 Å². The molecule has 0 unspecified atom stereocenters. The van der Waals surface area contributed by atoms with E-state index in [2.05, 4.69) is 5.10 Å². The van der Waals surface area contributed by atoms with Gasteiger partial charge in [-0.25, -0.2) is 4.68 Å². The van der Waals surface area contributed by atoms with Gasteiger partial charge in [-0.1, -0.05) is 12.1 Å². The van der Waals surface area contributed by atoms with Crippen LogP contribution in [0.25, 0.3) is 10.1 Å². The van der Waals surface area contributed by atoms with E-state index in [1.807, 2.05) is 35.7 Å². The summed E-state index contributed by atoms with van der Waals surface area (Å²) in [4.78, 5) is 12.2. The Morgan fingerprint density at radius 3 is 2.82 bits per heavy atom. The second-order valence-electron chi connectivity index (χ2n) is 4.78. The molecule has 0 saturated carbocycles. The van der Waals surface area contributed by atoms with Crippen LogP contribution in [-0.4, -0.2) is 23.5 Å². The van der Waals surface area contributed by atoms with Gasteiger partial charge in [-0.05, 0) is 29.1 Å². The maximum absolute atomic E-state index is 12.2. The molecule has 0 spiro atoms. The molecule has 3 aromatic rings. The van der Waals surface area contributed by atoms with E-state index in [0.717, 1.165) is 21.4 Å². The van der Waals surface area contributed by atoms with Crippen LogP contribution in [0.1, 0.15) is 5.56 Å². The predicted molar refractivity (Wildman–Crippen MR) is 86.5 cm³/mol. The van der Waals surface area contributed by atoms with Gasteiger partial charge in [0.15, 0.2) is 0 Å². The van der Waals surface area contributed by atoms with Gasteiger partial charge < -0.3 is 9.47 Å². The first-order chi connectivity index (χ1) is 10.8. The standard InChI is InChI=1S/C16H16N2O3S/c1-20-14-4-2-12(3-5-14)11-21-8-7-18-16(19)15-13(10-17-18)6-9-22-15/h2-6,9-10H,7-8,11H2,1H3. The SMILES string of the molecule is COc1ccc(COCCn2ncc3ccsc3c2=O)cc1. The molecule has 0 aliphatic heterocycles. The Hall–Kier alpha value is -2.18. The second-order valence-corrected chi connectivity index (χ2v) is 5.69. The Morgan fingerprint density at radius 2 is 2.05 bits per heavy atom. The summed E-state index contributed by atoms with van der Waals surface area (Å²) in [6.07, 6.45) is 1.72. The molecule has 0 atom stereocenters. The predicted octanol–water partition coefficient (Wildman–Crippen LogP) is 2.68. The van der Waals surface area contributed by atoms with Crippen LogP contribution < -0.4 is 10.3 Å². The number of rotatable bonds is 6. The van der Waals surface area contributed by atoms with Crippen molar-refractivity contribution in [3.8, 4) is 5.75 Å². The van der Waals surface area contributed by atoms with Gasteiger partial charge in [0.25, 0.3) is 5.56 Å². The normalized spacial score (nSPS) is 11.0. The topological polar surface area (TPSA) is 53.4 Å². The van der Waals surface area contributed by atoms with E-state index in [0.29, 0.717) is 19.8 Å². The smallest absolute Gasteiger partial charge is 0.284 e. The summed E-state index contributed by atoms with van der Waals surface area (Å²) in [6.45, 7) is 1.39. The number of methoxy groups -OCH3 is 1. The van der Waals surface area contributed by atoms with Crippen LogP contribution in [0.4, 0.5) is 0 Å². The van der Waals surface area contributed by atoms with Crippen molar-refractivity contribution in [2.45, 2.75) is 13.2 Å². The van der Waals surface area contributed by atoms with Crippen LogP contribution in [0.15, 0.2) is 46.7 Å². The lowest BCUT2D eigenvalue weighted by Crippen LogP contribution is -2.24. The van der Waals surface area contributed by atoms with E-state index >= 15 is 0 Å². The molecule has 0 fully saturated rings. The van der Waals surface area contributed by atoms with Gasteiger partial charge in [-0.2, -0.15) is 5.10 Å². The zero-order valence-corrected chi connectivity index (χ0v) is 13.0. The molecule has 5 nitrogen and oxygen atoms in total. The van der Waals surface area contributed by atoms with Crippen LogP contribution in [0.2, 0.25) is 0 Å². The molecular formula is C16H16N2O3S. The summed E-state index contributed by atoms with van der Waals surface area (Å²) >= 11 is 1.44. The molecule has 2 aromatic heterocycles. The van der Waals surface area contributed by atoms with E-state index < -0.39 is 0 Å². The quantitative estimate of drug-likeness (QED) is 0.656. The Bertz CT molecular complexity index is 808. The van der Waals surface area contributed by atoms with Crippen molar-refractivity contribution in [2.75, 3.05) is 13.7 Å². The van der Waals surface area contributed by atoms with Gasteiger partial charge in [0.2, 0.25) is 0 Å². The summed E-state index contributed by atoms with van der Waals surface area (Å²) in [5, 5.41) is 6.96. The number of fused-ring (bicyclic) bond motifs is 1. The zero-order valence-electron chi connectivity index (χ0n) is 12.2. The minimum atomic E-state index is -0.0550. The summed E-state index contributed by atoms with van der Waals surface area (Å²) in [5.41, 5.74) is 1.01. The van der Waals surface area contributed by atoms with Crippen LogP contribution >= 0.6 is 11.3 Å². The molecular weight excluding hydrogens is 300 g/mol. The first-order valence-corrected chi connectivity index (χ1v) is 7.80. The fourth-order valence-electron chi connectivity index (χ4n) is 2.12. The Labute approximate surface area is 131 Å². The highest BCUT2D eigenvalue weighted by Gasteiger charge is 2.05. The van der Waals surface area contributed by atoms with Crippen LogP contribution in [0.3, 0.4) is 0 Å². The summed E-state index contributed by atoms with van der Waals surface area (Å²) in [5.74, 6) is 0.823. The van der Waals surface area contributed by atoms with Crippen LogP contribution in [-0.2, 0) is 17.9 Å². The molecule has 0 N–H and O–H groups in total. The second kappa shape index (κ2) is 6.72. The molecule has 114 valence electrons. The van der Waals surface area contributed by atoms with Crippen molar-refractivity contribution >= 4 is 21.4 Å². The number of ether oxygens (including phenoxy) is 2. The van der Waals surface area contributed by atoms with Crippen molar-refractivity contribution in [1.29, 1.82) is 0 Å². The van der Waals surface area contributed by atoms with Crippen molar-refractivity contribution in [3.05, 3.63) is 57.8 Å². The van der Waals surface area contributed by atoms with E-state index in [1.165, 1.54) is 16.0 Å². The van der Waals surface area contributed by atoms with Crippen LogP contribution in [0.5, 0.6) is 5.75 Å². The first-order valence-electron chi connectivity index (χ1n) is 6.92. The lowest BCUT2D eigenvalue weighted by molar-refractivity contribution is 0.110. The van der Waals surface area contributed by atoms with Gasteiger partial charge in [0, 0.05) is 5.39 Å². The third-order valence-corrected chi connectivity index (χ3v) is 4.25. The number of thiophene rings is 1.